The quantitative estimate of drug-likeness (QED) is 0.0756. The van der Waals surface area contributed by atoms with Gasteiger partial charge in [0.1, 0.15) is 37.1 Å². The fourth-order valence-corrected chi connectivity index (χ4v) is 6.31. The number of hydrogen-bond donors (Lipinski definition) is 2. The number of aromatic nitrogens is 4. The van der Waals surface area contributed by atoms with Gasteiger partial charge in [-0.05, 0) is 26.2 Å². The molecular formula is C35H53N6O11P. The molecule has 3 rings (SSSR count). The van der Waals surface area contributed by atoms with E-state index in [0.717, 1.165) is 0 Å². The van der Waals surface area contributed by atoms with E-state index in [9.17, 15) is 9.36 Å². The third kappa shape index (κ3) is 13.4. The van der Waals surface area contributed by atoms with Crippen LogP contribution in [0.3, 0.4) is 0 Å². The van der Waals surface area contributed by atoms with Crippen LogP contribution in [0.1, 0.15) is 39.8 Å². The summed E-state index contributed by atoms with van der Waals surface area (Å²) in [6, 6.07) is 0. The van der Waals surface area contributed by atoms with Crippen LogP contribution in [-0.2, 0) is 58.0 Å². The summed E-state index contributed by atoms with van der Waals surface area (Å²) in [6.07, 6.45) is 2.94. The standard InChI is InChI=1S/C35H53N6O11P/c1-9-15-44-22-26-28(45-16-10-2)29(46-17-11-3)30(47-18-12-4)34(52-26)51-25(19-23(7)8)33(42)41-35-39-31(36)27-32(40-35)37-20-24(38-27)21-50-53(43,48-13-5)49-14-6/h9-12,20,23,25-26,28-30,34H,1-4,13-19,21-22H2,5-8H3,(H3,36,37,39,40,41,42)/t25-,26+,28+,29-,30+,34+/m0/s1. The number of ether oxygens (including phenoxy) is 6. The first-order valence-electron chi connectivity index (χ1n) is 17.3. The number of rotatable bonds is 26. The zero-order valence-corrected chi connectivity index (χ0v) is 31.8. The Morgan fingerprint density at radius 2 is 1.55 bits per heavy atom. The number of nitrogens with zero attached hydrogens (tertiary/aromatic N) is 4. The van der Waals surface area contributed by atoms with Crippen molar-refractivity contribution in [3.63, 3.8) is 0 Å². The van der Waals surface area contributed by atoms with E-state index in [0.29, 0.717) is 0 Å². The number of nitrogen functional groups attached to an aromatic ring is 1. The van der Waals surface area contributed by atoms with Gasteiger partial charge < -0.3 is 34.2 Å². The Kier molecular flexibility index (Phi) is 18.8. The second kappa shape index (κ2) is 22.7. The average Bonchev–Trinajstić information content (AvgIpc) is 3.12. The van der Waals surface area contributed by atoms with Gasteiger partial charge in [0.15, 0.2) is 23.3 Å². The molecule has 2 aromatic rings. The predicted molar refractivity (Wildman–Crippen MR) is 198 cm³/mol. The molecule has 294 valence electrons. The van der Waals surface area contributed by atoms with Crippen LogP contribution in [-0.4, -0.2) is 109 Å². The fourth-order valence-electron chi connectivity index (χ4n) is 5.16. The number of phosphoric ester groups is 1. The maximum atomic E-state index is 13.9. The highest BCUT2D eigenvalue weighted by atomic mass is 31.2. The zero-order chi connectivity index (χ0) is 38.8. The van der Waals surface area contributed by atoms with Crippen molar-refractivity contribution in [1.29, 1.82) is 0 Å². The van der Waals surface area contributed by atoms with Crippen molar-refractivity contribution in [3.05, 3.63) is 62.5 Å². The molecule has 1 aliphatic heterocycles. The van der Waals surface area contributed by atoms with Crippen molar-refractivity contribution in [2.24, 2.45) is 5.92 Å². The molecule has 0 aromatic carbocycles. The van der Waals surface area contributed by atoms with E-state index in [4.69, 9.17) is 47.7 Å². The Labute approximate surface area is 310 Å². The van der Waals surface area contributed by atoms with Crippen LogP contribution in [0.25, 0.3) is 11.2 Å². The van der Waals surface area contributed by atoms with Crippen LogP contribution in [0.2, 0.25) is 0 Å². The summed E-state index contributed by atoms with van der Waals surface area (Å²) in [6.45, 7) is 23.1. The van der Waals surface area contributed by atoms with E-state index in [2.05, 4.69) is 51.6 Å². The summed E-state index contributed by atoms with van der Waals surface area (Å²) in [7, 11) is -3.79. The molecule has 18 heteroatoms. The predicted octanol–water partition coefficient (Wildman–Crippen LogP) is 4.71. The highest BCUT2D eigenvalue weighted by Gasteiger charge is 2.50. The van der Waals surface area contributed by atoms with Gasteiger partial charge in [-0.1, -0.05) is 38.2 Å². The van der Waals surface area contributed by atoms with Crippen molar-refractivity contribution in [2.45, 2.75) is 77.5 Å². The molecule has 1 saturated heterocycles. The van der Waals surface area contributed by atoms with Gasteiger partial charge in [-0.3, -0.25) is 23.7 Å². The second-order valence-corrected chi connectivity index (χ2v) is 13.6. The van der Waals surface area contributed by atoms with Crippen molar-refractivity contribution in [3.8, 4) is 0 Å². The SMILES string of the molecule is C=CCOC[C@H]1O[C@@H](O[C@@H](CC(C)C)C(=O)Nc2nc(N)c3nc(COP(=O)(OCC)OCC)cnc3n2)[C@H](OCC=C)[C@@H](OCC=C)[C@@H]1OCC=C. The lowest BCUT2D eigenvalue weighted by Gasteiger charge is -2.46. The highest BCUT2D eigenvalue weighted by molar-refractivity contribution is 7.48. The number of carbonyl (C=O) groups excluding carboxylic acids is 1. The fraction of sp³-hybridized carbons (Fsp3) is 0.571. The van der Waals surface area contributed by atoms with Gasteiger partial charge in [-0.15, -0.1) is 26.3 Å². The summed E-state index contributed by atoms with van der Waals surface area (Å²) in [5, 5.41) is 2.69. The molecule has 1 fully saturated rings. The third-order valence-corrected chi connectivity index (χ3v) is 8.86. The third-order valence-electron chi connectivity index (χ3n) is 7.27. The van der Waals surface area contributed by atoms with Crippen molar-refractivity contribution >= 4 is 36.7 Å². The Morgan fingerprint density at radius 3 is 2.15 bits per heavy atom. The Morgan fingerprint density at radius 1 is 0.925 bits per heavy atom. The van der Waals surface area contributed by atoms with Crippen molar-refractivity contribution in [1.82, 2.24) is 19.9 Å². The Bertz CT molecular complexity index is 1540. The Balaban J connectivity index is 1.89. The van der Waals surface area contributed by atoms with Gasteiger partial charge in [0, 0.05) is 0 Å². The summed E-state index contributed by atoms with van der Waals surface area (Å²) in [5.41, 5.74) is 6.75. The summed E-state index contributed by atoms with van der Waals surface area (Å²) >= 11 is 0. The van der Waals surface area contributed by atoms with E-state index in [1.54, 1.807) is 38.2 Å². The van der Waals surface area contributed by atoms with E-state index < -0.39 is 50.5 Å². The Hall–Kier alpha value is -3.48. The number of amides is 1. The van der Waals surface area contributed by atoms with Crippen LogP contribution < -0.4 is 11.1 Å². The number of hydrogen-bond acceptors (Lipinski definition) is 16. The number of carbonyl (C=O) groups is 1. The number of nitrogens with one attached hydrogen (secondary N) is 1. The van der Waals surface area contributed by atoms with Crippen LogP contribution in [0.5, 0.6) is 0 Å². The molecule has 53 heavy (non-hydrogen) atoms. The first kappa shape index (κ1) is 43.9. The van der Waals surface area contributed by atoms with E-state index in [-0.39, 0.29) is 93.8 Å². The average molecular weight is 765 g/mol. The summed E-state index contributed by atoms with van der Waals surface area (Å²) in [4.78, 5) is 31.2. The summed E-state index contributed by atoms with van der Waals surface area (Å²) < 4.78 is 65.5. The molecule has 2 aromatic heterocycles. The molecular weight excluding hydrogens is 711 g/mol. The molecule has 3 N–H and O–H groups in total. The van der Waals surface area contributed by atoms with Crippen LogP contribution in [0.4, 0.5) is 11.8 Å². The zero-order valence-electron chi connectivity index (χ0n) is 30.9. The van der Waals surface area contributed by atoms with Gasteiger partial charge in [0.2, 0.25) is 5.95 Å². The minimum absolute atomic E-state index is 0.0138. The van der Waals surface area contributed by atoms with Gasteiger partial charge in [0.05, 0.1) is 58.1 Å². The molecule has 0 spiro atoms. The second-order valence-electron chi connectivity index (χ2n) is 11.9. The summed E-state index contributed by atoms with van der Waals surface area (Å²) in [5.74, 6) is -0.753. The van der Waals surface area contributed by atoms with Crippen molar-refractivity contribution in [2.75, 3.05) is 57.3 Å². The number of phosphoric acid groups is 1. The van der Waals surface area contributed by atoms with E-state index in [1.807, 2.05) is 13.8 Å². The molecule has 0 radical (unpaired) electrons. The molecule has 0 bridgehead atoms. The molecule has 1 aliphatic rings. The van der Waals surface area contributed by atoms with Crippen LogP contribution in [0, 0.1) is 5.92 Å². The largest absolute Gasteiger partial charge is 0.475 e. The number of fused-ring (bicyclic) bond motifs is 1. The lowest BCUT2D eigenvalue weighted by atomic mass is 9.97. The first-order chi connectivity index (χ1) is 25.5. The molecule has 3 heterocycles. The maximum absolute atomic E-state index is 13.9. The van der Waals surface area contributed by atoms with Crippen molar-refractivity contribution < 1.29 is 51.4 Å². The molecule has 0 saturated carbocycles. The minimum Gasteiger partial charge on any atom is -0.382 e. The van der Waals surface area contributed by atoms with Gasteiger partial charge in [0.25, 0.3) is 5.91 Å². The van der Waals surface area contributed by atoms with Gasteiger partial charge in [-0.2, -0.15) is 9.97 Å². The van der Waals surface area contributed by atoms with E-state index >= 15 is 0 Å². The monoisotopic (exact) mass is 764 g/mol. The van der Waals surface area contributed by atoms with Crippen LogP contribution in [0.15, 0.2) is 56.8 Å². The number of anilines is 2. The van der Waals surface area contributed by atoms with E-state index in [1.165, 1.54) is 6.20 Å². The molecule has 6 atom stereocenters. The topological polar surface area (TPSA) is 207 Å². The molecule has 17 nitrogen and oxygen atoms in total. The number of nitrogens with two attached hydrogens (primary N) is 1. The first-order valence-corrected chi connectivity index (χ1v) is 18.8. The normalized spacial score (nSPS) is 21.0. The smallest absolute Gasteiger partial charge is 0.382 e. The highest BCUT2D eigenvalue weighted by Crippen LogP contribution is 2.49. The maximum Gasteiger partial charge on any atom is 0.475 e. The van der Waals surface area contributed by atoms with Gasteiger partial charge >= 0.3 is 7.82 Å². The molecule has 0 aliphatic carbocycles. The van der Waals surface area contributed by atoms with Crippen LogP contribution >= 0.6 is 7.82 Å². The lowest BCUT2D eigenvalue weighted by Crippen LogP contribution is -2.62. The molecule has 0 unspecified atom stereocenters. The molecule has 1 amide bonds. The van der Waals surface area contributed by atoms with Gasteiger partial charge in [-0.25, -0.2) is 14.5 Å². The lowest BCUT2D eigenvalue weighted by molar-refractivity contribution is -0.326. The minimum atomic E-state index is -3.79.